The zero-order valence-electron chi connectivity index (χ0n) is 8.60. The molecule has 0 atom stereocenters. The van der Waals surface area contributed by atoms with Crippen molar-refractivity contribution in [2.45, 2.75) is 32.1 Å². The van der Waals surface area contributed by atoms with E-state index < -0.39 is 0 Å². The molecule has 14 heavy (non-hydrogen) atoms. The van der Waals surface area contributed by atoms with Gasteiger partial charge in [0.05, 0.1) is 0 Å². The Morgan fingerprint density at radius 1 is 0.929 bits per heavy atom. The van der Waals surface area contributed by atoms with E-state index in [4.69, 9.17) is 0 Å². The summed E-state index contributed by atoms with van der Waals surface area (Å²) in [6.45, 7) is 0. The van der Waals surface area contributed by atoms with Crippen molar-refractivity contribution in [1.82, 2.24) is 0 Å². The molecule has 0 aromatic carbocycles. The summed E-state index contributed by atoms with van der Waals surface area (Å²) in [7, 11) is 0. The molecule has 0 aliphatic heterocycles. The predicted octanol–water partition coefficient (Wildman–Crippen LogP) is 3.03. The molecule has 0 unspecified atom stereocenters. The van der Waals surface area contributed by atoms with Crippen LogP contribution in [0.1, 0.15) is 32.1 Å². The molecule has 0 spiro atoms. The highest BCUT2D eigenvalue weighted by atomic mass is 14.9. The van der Waals surface area contributed by atoms with E-state index in [1.165, 1.54) is 32.1 Å². The van der Waals surface area contributed by atoms with Crippen LogP contribution in [0.3, 0.4) is 0 Å². The van der Waals surface area contributed by atoms with Crippen LogP contribution in [0.15, 0.2) is 36.7 Å². The maximum Gasteiger partial charge on any atom is 0.174 e. The summed E-state index contributed by atoms with van der Waals surface area (Å²) in [4.78, 5) is 0. The molecule has 1 aliphatic rings. The number of rotatable bonds is 2. The average molecular weight is 188 g/mol. The van der Waals surface area contributed by atoms with Crippen molar-refractivity contribution >= 4 is 6.20 Å². The highest BCUT2D eigenvalue weighted by molar-refractivity contribution is 5.09. The molecule has 0 amide bonds. The fraction of sp³-hybridized carbons (Fsp3) is 0.462. The van der Waals surface area contributed by atoms with Crippen molar-refractivity contribution < 1.29 is 4.57 Å². The summed E-state index contributed by atoms with van der Waals surface area (Å²) in [6, 6.07) is 6.17. The van der Waals surface area contributed by atoms with E-state index in [1.54, 1.807) is 0 Å². The van der Waals surface area contributed by atoms with Crippen LogP contribution in [-0.2, 0) is 0 Å². The molecule has 0 N–H and O–H groups in total. The first kappa shape index (κ1) is 9.45. The molecule has 0 radical (unpaired) electrons. The van der Waals surface area contributed by atoms with Gasteiger partial charge in [-0.2, -0.15) is 4.57 Å². The molecule has 1 nitrogen and oxygen atoms in total. The topological polar surface area (TPSA) is 3.88 Å². The lowest BCUT2D eigenvalue weighted by molar-refractivity contribution is -0.568. The third kappa shape index (κ3) is 2.69. The smallest absolute Gasteiger partial charge is 0.174 e. The van der Waals surface area contributed by atoms with E-state index in [-0.39, 0.29) is 0 Å². The quantitative estimate of drug-likeness (QED) is 0.628. The minimum atomic E-state index is 0.816. The van der Waals surface area contributed by atoms with Gasteiger partial charge in [0.1, 0.15) is 0 Å². The van der Waals surface area contributed by atoms with E-state index in [2.05, 4.69) is 41.4 Å². The molecule has 1 aliphatic carbocycles. The molecule has 1 heteroatoms. The van der Waals surface area contributed by atoms with Crippen molar-refractivity contribution in [3.63, 3.8) is 0 Å². The Balaban J connectivity index is 1.93. The number of pyridine rings is 1. The summed E-state index contributed by atoms with van der Waals surface area (Å²) in [5.74, 6) is 0.816. The van der Waals surface area contributed by atoms with E-state index in [9.17, 15) is 0 Å². The summed E-state index contributed by atoms with van der Waals surface area (Å²) < 4.78 is 2.12. The van der Waals surface area contributed by atoms with Crippen molar-refractivity contribution in [1.29, 1.82) is 0 Å². The number of hydrogen-bond donors (Lipinski definition) is 0. The lowest BCUT2D eigenvalue weighted by Crippen LogP contribution is -2.24. The fourth-order valence-electron chi connectivity index (χ4n) is 2.06. The summed E-state index contributed by atoms with van der Waals surface area (Å²) in [6.07, 6.45) is 15.7. The van der Waals surface area contributed by atoms with E-state index >= 15 is 0 Å². The van der Waals surface area contributed by atoms with Crippen LogP contribution in [0.2, 0.25) is 0 Å². The Labute approximate surface area is 86.1 Å². The second-order valence-electron chi connectivity index (χ2n) is 4.06. The summed E-state index contributed by atoms with van der Waals surface area (Å²) in [5, 5.41) is 0. The highest BCUT2D eigenvalue weighted by Crippen LogP contribution is 2.24. The first-order chi connectivity index (χ1) is 6.95. The van der Waals surface area contributed by atoms with E-state index in [0.717, 1.165) is 5.92 Å². The van der Waals surface area contributed by atoms with E-state index in [0.29, 0.717) is 0 Å². The van der Waals surface area contributed by atoms with Gasteiger partial charge in [-0.05, 0) is 24.8 Å². The van der Waals surface area contributed by atoms with Gasteiger partial charge in [0.2, 0.25) is 0 Å². The molecular formula is C13H18N+. The minimum Gasteiger partial charge on any atom is -0.174 e. The van der Waals surface area contributed by atoms with Crippen molar-refractivity contribution in [3.8, 4) is 0 Å². The number of aromatic nitrogens is 1. The van der Waals surface area contributed by atoms with Gasteiger partial charge in [0.15, 0.2) is 18.6 Å². The molecule has 1 aromatic heterocycles. The molecule has 1 aromatic rings. The number of nitrogens with zero attached hydrogens (tertiary/aromatic N) is 1. The van der Waals surface area contributed by atoms with Crippen molar-refractivity contribution in [2.75, 3.05) is 0 Å². The maximum absolute atomic E-state index is 2.36. The second kappa shape index (κ2) is 4.94. The predicted molar refractivity (Wildman–Crippen MR) is 58.5 cm³/mol. The van der Waals surface area contributed by atoms with Gasteiger partial charge in [0.25, 0.3) is 0 Å². The molecule has 1 saturated carbocycles. The molecule has 1 fully saturated rings. The number of hydrogen-bond acceptors (Lipinski definition) is 0. The fourth-order valence-corrected chi connectivity index (χ4v) is 2.06. The molecule has 74 valence electrons. The molecule has 0 bridgehead atoms. The SMILES string of the molecule is C(=C[n+]1ccccc1)C1CCCCC1. The largest absolute Gasteiger partial charge is 0.174 e. The van der Waals surface area contributed by atoms with Crippen LogP contribution in [-0.4, -0.2) is 0 Å². The van der Waals surface area contributed by atoms with Gasteiger partial charge in [-0.15, -0.1) is 0 Å². The standard InChI is InChI=1S/C13H18N/c1-3-7-13(8-4-1)9-12-14-10-5-2-6-11-14/h2,5-6,9-13H,1,3-4,7-8H2/q+1. The van der Waals surface area contributed by atoms with Gasteiger partial charge in [0, 0.05) is 12.1 Å². The van der Waals surface area contributed by atoms with Crippen LogP contribution in [0.25, 0.3) is 6.20 Å². The van der Waals surface area contributed by atoms with Crippen LogP contribution < -0.4 is 4.57 Å². The van der Waals surface area contributed by atoms with E-state index in [1.807, 2.05) is 6.07 Å². The monoisotopic (exact) mass is 188 g/mol. The van der Waals surface area contributed by atoms with Gasteiger partial charge in [-0.3, -0.25) is 0 Å². The Morgan fingerprint density at radius 3 is 2.36 bits per heavy atom. The van der Waals surface area contributed by atoms with Crippen LogP contribution in [0, 0.1) is 5.92 Å². The molecule has 2 rings (SSSR count). The third-order valence-electron chi connectivity index (χ3n) is 2.92. The Hall–Kier alpha value is -1.11. The first-order valence-electron chi connectivity index (χ1n) is 5.59. The van der Waals surface area contributed by atoms with Gasteiger partial charge in [-0.25, -0.2) is 0 Å². The number of allylic oxidation sites excluding steroid dienone is 1. The van der Waals surface area contributed by atoms with Crippen LogP contribution >= 0.6 is 0 Å². The third-order valence-corrected chi connectivity index (χ3v) is 2.92. The summed E-state index contributed by atoms with van der Waals surface area (Å²) in [5.41, 5.74) is 0. The highest BCUT2D eigenvalue weighted by Gasteiger charge is 2.10. The van der Waals surface area contributed by atoms with Gasteiger partial charge < -0.3 is 0 Å². The maximum atomic E-state index is 2.36. The minimum absolute atomic E-state index is 0.816. The molecular weight excluding hydrogens is 170 g/mol. The normalized spacial score (nSPS) is 18.9. The lowest BCUT2D eigenvalue weighted by atomic mass is 9.89. The second-order valence-corrected chi connectivity index (χ2v) is 4.06. The van der Waals surface area contributed by atoms with Crippen LogP contribution in [0.4, 0.5) is 0 Å². The zero-order valence-corrected chi connectivity index (χ0v) is 8.60. The molecule has 1 heterocycles. The van der Waals surface area contributed by atoms with Gasteiger partial charge in [-0.1, -0.05) is 25.3 Å². The zero-order chi connectivity index (χ0) is 9.64. The Morgan fingerprint density at radius 2 is 1.64 bits per heavy atom. The average Bonchev–Trinajstić information content (AvgIpc) is 2.29. The first-order valence-corrected chi connectivity index (χ1v) is 5.59. The Kier molecular flexibility index (Phi) is 3.33. The molecule has 0 saturated heterocycles. The lowest BCUT2D eigenvalue weighted by Gasteiger charge is -2.16. The van der Waals surface area contributed by atoms with Crippen molar-refractivity contribution in [3.05, 3.63) is 36.7 Å². The van der Waals surface area contributed by atoms with Crippen LogP contribution in [0.5, 0.6) is 0 Å². The van der Waals surface area contributed by atoms with Crippen molar-refractivity contribution in [2.24, 2.45) is 5.92 Å². The van der Waals surface area contributed by atoms with Gasteiger partial charge >= 0.3 is 0 Å². The summed E-state index contributed by atoms with van der Waals surface area (Å²) >= 11 is 0. The Bertz CT molecular complexity index is 283.